The third-order valence-electron chi connectivity index (χ3n) is 6.76. The first kappa shape index (κ1) is 25.1. The second-order valence-electron chi connectivity index (χ2n) is 8.84. The number of carbonyl (C=O) groups excluding carboxylic acids is 3. The van der Waals surface area contributed by atoms with Crippen LogP contribution in [0.3, 0.4) is 0 Å². The van der Waals surface area contributed by atoms with Crippen LogP contribution >= 0.6 is 0 Å². The Balaban J connectivity index is 1.59. The summed E-state index contributed by atoms with van der Waals surface area (Å²) in [5.74, 6) is -0.891. The van der Waals surface area contributed by atoms with Crippen molar-refractivity contribution in [1.82, 2.24) is 14.7 Å². The van der Waals surface area contributed by atoms with Crippen LogP contribution in [0, 0.1) is 11.7 Å². The van der Waals surface area contributed by atoms with E-state index in [1.165, 1.54) is 24.3 Å². The summed E-state index contributed by atoms with van der Waals surface area (Å²) in [5.41, 5.74) is 0.457. The Bertz CT molecular complexity index is 808. The molecule has 2 saturated heterocycles. The molecule has 1 aromatic carbocycles. The summed E-state index contributed by atoms with van der Waals surface area (Å²) in [6.45, 7) is 8.21. The van der Waals surface area contributed by atoms with Gasteiger partial charge in [0.15, 0.2) is 0 Å². The number of likely N-dealkylation sites (N-methyl/N-ethyl adjacent to an activating group) is 1. The fourth-order valence-corrected chi connectivity index (χ4v) is 4.89. The van der Waals surface area contributed by atoms with Gasteiger partial charge in [0, 0.05) is 43.7 Å². The molecule has 2 aliphatic heterocycles. The molecule has 2 heterocycles. The zero-order valence-electron chi connectivity index (χ0n) is 19.8. The summed E-state index contributed by atoms with van der Waals surface area (Å²) in [5, 5.41) is 0. The molecule has 2 aliphatic rings. The van der Waals surface area contributed by atoms with Crippen LogP contribution in [-0.4, -0.2) is 84.4 Å². The molecule has 33 heavy (non-hydrogen) atoms. The molecule has 7 nitrogen and oxygen atoms in total. The quantitative estimate of drug-likeness (QED) is 0.529. The first-order valence-corrected chi connectivity index (χ1v) is 12.2. The van der Waals surface area contributed by atoms with Crippen molar-refractivity contribution in [2.45, 2.75) is 52.0 Å². The van der Waals surface area contributed by atoms with Gasteiger partial charge in [-0.2, -0.15) is 0 Å². The van der Waals surface area contributed by atoms with Crippen LogP contribution in [0.25, 0.3) is 0 Å². The van der Waals surface area contributed by atoms with Gasteiger partial charge in [-0.05, 0) is 70.0 Å². The summed E-state index contributed by atoms with van der Waals surface area (Å²) in [6.07, 6.45) is 3.55. The lowest BCUT2D eigenvalue weighted by Crippen LogP contribution is -2.48. The van der Waals surface area contributed by atoms with Crippen molar-refractivity contribution in [3.63, 3.8) is 0 Å². The van der Waals surface area contributed by atoms with Gasteiger partial charge in [-0.1, -0.05) is 6.92 Å². The second kappa shape index (κ2) is 12.1. The molecule has 0 N–H and O–H groups in total. The maximum absolute atomic E-state index is 13.4. The Morgan fingerprint density at radius 3 is 2.39 bits per heavy atom. The van der Waals surface area contributed by atoms with Gasteiger partial charge in [0.05, 0.1) is 13.0 Å². The molecule has 1 unspecified atom stereocenters. The van der Waals surface area contributed by atoms with Crippen molar-refractivity contribution in [1.29, 1.82) is 0 Å². The van der Waals surface area contributed by atoms with Crippen LogP contribution in [0.15, 0.2) is 24.3 Å². The van der Waals surface area contributed by atoms with Gasteiger partial charge < -0.3 is 14.5 Å². The first-order valence-electron chi connectivity index (χ1n) is 12.2. The molecule has 0 radical (unpaired) electrons. The minimum Gasteiger partial charge on any atom is -0.466 e. The van der Waals surface area contributed by atoms with Crippen LogP contribution < -0.4 is 0 Å². The molecule has 0 aliphatic carbocycles. The lowest BCUT2D eigenvalue weighted by molar-refractivity contribution is -0.145. The van der Waals surface area contributed by atoms with Gasteiger partial charge in [-0.15, -0.1) is 0 Å². The number of ether oxygens (including phenoxy) is 1. The number of carbonyl (C=O) groups is 3. The van der Waals surface area contributed by atoms with Crippen LogP contribution in [0.5, 0.6) is 0 Å². The van der Waals surface area contributed by atoms with Crippen molar-refractivity contribution in [2.75, 3.05) is 45.9 Å². The van der Waals surface area contributed by atoms with E-state index in [-0.39, 0.29) is 35.9 Å². The number of amides is 2. The first-order chi connectivity index (χ1) is 15.9. The number of halogens is 1. The number of nitrogens with zero attached hydrogens (tertiary/aromatic N) is 3. The van der Waals surface area contributed by atoms with E-state index < -0.39 is 0 Å². The highest BCUT2D eigenvalue weighted by Crippen LogP contribution is 2.24. The van der Waals surface area contributed by atoms with E-state index in [1.807, 2.05) is 4.90 Å². The second-order valence-corrected chi connectivity index (χ2v) is 8.84. The summed E-state index contributed by atoms with van der Waals surface area (Å²) in [6, 6.07) is 5.88. The number of piperidine rings is 1. The predicted octanol–water partition coefficient (Wildman–Crippen LogP) is 2.94. The Morgan fingerprint density at radius 2 is 1.76 bits per heavy atom. The Morgan fingerprint density at radius 1 is 1.06 bits per heavy atom. The molecule has 182 valence electrons. The molecule has 0 spiro atoms. The van der Waals surface area contributed by atoms with Crippen molar-refractivity contribution >= 4 is 17.8 Å². The van der Waals surface area contributed by atoms with Gasteiger partial charge in [0.2, 0.25) is 5.91 Å². The molecule has 2 amide bonds. The third kappa shape index (κ3) is 6.76. The summed E-state index contributed by atoms with van der Waals surface area (Å²) in [4.78, 5) is 44.1. The van der Waals surface area contributed by atoms with Crippen LogP contribution in [0.4, 0.5) is 4.39 Å². The number of likely N-dealkylation sites (tertiary alicyclic amines) is 2. The highest BCUT2D eigenvalue weighted by Gasteiger charge is 2.33. The van der Waals surface area contributed by atoms with Crippen molar-refractivity contribution in [3.8, 4) is 0 Å². The molecule has 2 fully saturated rings. The number of benzene rings is 1. The minimum absolute atomic E-state index is 0.0659. The average molecular weight is 462 g/mol. The largest absolute Gasteiger partial charge is 0.466 e. The monoisotopic (exact) mass is 461 g/mol. The fourth-order valence-electron chi connectivity index (χ4n) is 4.89. The smallest absolute Gasteiger partial charge is 0.307 e. The Labute approximate surface area is 195 Å². The summed E-state index contributed by atoms with van der Waals surface area (Å²) < 4.78 is 18.2. The van der Waals surface area contributed by atoms with Crippen LogP contribution in [0.2, 0.25) is 0 Å². The maximum atomic E-state index is 13.4. The van der Waals surface area contributed by atoms with E-state index >= 15 is 0 Å². The van der Waals surface area contributed by atoms with Crippen molar-refractivity contribution in [3.05, 3.63) is 35.6 Å². The van der Waals surface area contributed by atoms with Gasteiger partial charge in [-0.3, -0.25) is 19.3 Å². The highest BCUT2D eigenvalue weighted by atomic mass is 19.1. The van der Waals surface area contributed by atoms with Gasteiger partial charge in [-0.25, -0.2) is 4.39 Å². The predicted molar refractivity (Wildman–Crippen MR) is 123 cm³/mol. The van der Waals surface area contributed by atoms with E-state index in [1.54, 1.807) is 11.8 Å². The van der Waals surface area contributed by atoms with Crippen LogP contribution in [0.1, 0.15) is 56.3 Å². The number of esters is 1. The molecule has 0 saturated carbocycles. The summed E-state index contributed by atoms with van der Waals surface area (Å²) in [7, 11) is 0. The molecule has 0 aromatic heterocycles. The Hall–Kier alpha value is -2.48. The topological polar surface area (TPSA) is 70.2 Å². The van der Waals surface area contributed by atoms with Gasteiger partial charge in [0.25, 0.3) is 5.91 Å². The zero-order chi connectivity index (χ0) is 23.8. The molecular formula is C25H36FN3O4. The van der Waals surface area contributed by atoms with Crippen molar-refractivity contribution < 1.29 is 23.5 Å². The van der Waals surface area contributed by atoms with E-state index in [0.717, 1.165) is 25.9 Å². The van der Waals surface area contributed by atoms with E-state index in [9.17, 15) is 18.8 Å². The molecule has 0 bridgehead atoms. The lowest BCUT2D eigenvalue weighted by atomic mass is 9.94. The molecule has 3 rings (SSSR count). The zero-order valence-corrected chi connectivity index (χ0v) is 19.8. The fraction of sp³-hybridized carbons (Fsp3) is 0.640. The number of hydrogen-bond donors (Lipinski definition) is 0. The van der Waals surface area contributed by atoms with E-state index in [2.05, 4.69) is 11.8 Å². The SMILES string of the molecule is CCOC(=O)CCN(CC1CCCN1CC)C(=O)C1CCN(C(=O)c2ccc(F)cc2)CC1. The normalized spacial score (nSPS) is 19.5. The standard InChI is InChI=1S/C25H36FN3O4/c1-3-27-14-5-6-22(27)18-29(17-13-23(30)33-4-2)25(32)20-11-15-28(16-12-20)24(31)19-7-9-21(26)10-8-19/h7-10,20,22H,3-6,11-18H2,1-2H3. The highest BCUT2D eigenvalue weighted by molar-refractivity contribution is 5.94. The Kier molecular flexibility index (Phi) is 9.23. The average Bonchev–Trinajstić information content (AvgIpc) is 3.29. The number of hydrogen-bond acceptors (Lipinski definition) is 5. The third-order valence-corrected chi connectivity index (χ3v) is 6.76. The maximum Gasteiger partial charge on any atom is 0.307 e. The van der Waals surface area contributed by atoms with E-state index in [4.69, 9.17) is 4.74 Å². The minimum atomic E-state index is -0.373. The lowest BCUT2D eigenvalue weighted by Gasteiger charge is -2.36. The molecular weight excluding hydrogens is 425 g/mol. The van der Waals surface area contributed by atoms with Crippen molar-refractivity contribution in [2.24, 2.45) is 5.92 Å². The van der Waals surface area contributed by atoms with Gasteiger partial charge >= 0.3 is 5.97 Å². The molecule has 1 aromatic rings. The molecule has 8 heteroatoms. The summed E-state index contributed by atoms with van der Waals surface area (Å²) >= 11 is 0. The van der Waals surface area contributed by atoms with E-state index in [0.29, 0.717) is 57.2 Å². The van der Waals surface area contributed by atoms with Gasteiger partial charge in [0.1, 0.15) is 5.82 Å². The van der Waals surface area contributed by atoms with Crippen LogP contribution in [-0.2, 0) is 14.3 Å². The number of rotatable bonds is 9. The molecule has 1 atom stereocenters.